The third kappa shape index (κ3) is 13.0. The maximum atomic E-state index is 15.2. The number of carboxylic acid groups (broad SMARTS) is 1. The highest BCUT2D eigenvalue weighted by Crippen LogP contribution is 2.38. The van der Waals surface area contributed by atoms with Gasteiger partial charge in [0.15, 0.2) is 11.5 Å². The van der Waals surface area contributed by atoms with Crippen LogP contribution in [0.3, 0.4) is 0 Å². The molecule has 1 saturated heterocycles. The summed E-state index contributed by atoms with van der Waals surface area (Å²) in [6.07, 6.45) is 0.658. The van der Waals surface area contributed by atoms with Gasteiger partial charge >= 0.3 is 29.7 Å². The zero-order valence-electron chi connectivity index (χ0n) is 38.3. The number of carbonyl (C=O) groups is 3. The number of methoxy groups -OCH3 is 1. The molecule has 4 aromatic carbocycles. The summed E-state index contributed by atoms with van der Waals surface area (Å²) in [4.78, 5) is 47.5. The van der Waals surface area contributed by atoms with Crippen LogP contribution in [0, 0.1) is 17.5 Å². The summed E-state index contributed by atoms with van der Waals surface area (Å²) in [5, 5.41) is 25.8. The Balaban J connectivity index is 0.000000181. The fourth-order valence-corrected chi connectivity index (χ4v) is 9.63. The second-order valence-electron chi connectivity index (χ2n) is 16.1. The quantitative estimate of drug-likeness (QED) is 0.0696. The van der Waals surface area contributed by atoms with Gasteiger partial charge in [-0.25, -0.2) is 37.7 Å². The van der Waals surface area contributed by atoms with Gasteiger partial charge in [-0.15, -0.1) is 34.0 Å². The van der Waals surface area contributed by atoms with E-state index in [1.165, 1.54) is 72.8 Å². The summed E-state index contributed by atoms with van der Waals surface area (Å²) in [5.41, 5.74) is -0.364. The number of carbonyl (C=O) groups excluding carboxylic acids is 2. The lowest BCUT2D eigenvalue weighted by molar-refractivity contribution is -0.170. The predicted molar refractivity (Wildman–Crippen MR) is 254 cm³/mol. The molecule has 2 aliphatic rings. The summed E-state index contributed by atoms with van der Waals surface area (Å²) >= 11 is 2.75. The average Bonchev–Trinajstić information content (AvgIpc) is 4.26. The highest BCUT2D eigenvalue weighted by molar-refractivity contribution is 7.13. The molecule has 0 unspecified atom stereocenters. The first-order valence-electron chi connectivity index (χ1n) is 21.9. The van der Waals surface area contributed by atoms with Gasteiger partial charge in [0, 0.05) is 39.4 Å². The third-order valence-corrected chi connectivity index (χ3v) is 13.7. The number of alkyl halides is 6. The molecular weight excluding hydrogens is 1050 g/mol. The Morgan fingerprint density at radius 2 is 1.07 bits per heavy atom. The zero-order chi connectivity index (χ0) is 53.4. The Morgan fingerprint density at radius 3 is 1.50 bits per heavy atom. The fourth-order valence-electron chi connectivity index (χ4n) is 7.09. The largest absolute Gasteiger partial charge is 0.486 e. The van der Waals surface area contributed by atoms with Gasteiger partial charge in [0.25, 0.3) is 5.91 Å². The molecule has 1 fully saturated rings. The molecule has 2 aliphatic heterocycles. The number of halogens is 9. The number of esters is 1. The number of aliphatic hydroxyl groups excluding tert-OH is 1. The van der Waals surface area contributed by atoms with E-state index in [0.717, 1.165) is 83.2 Å². The van der Waals surface area contributed by atoms with Crippen LogP contribution in [0.15, 0.2) is 107 Å². The number of rotatable bonds is 14. The summed E-state index contributed by atoms with van der Waals surface area (Å²) in [7, 11) is 0.878. The molecule has 3 aromatic heterocycles. The van der Waals surface area contributed by atoms with Crippen LogP contribution in [0.2, 0.25) is 0 Å². The second-order valence-corrected chi connectivity index (χ2v) is 18.7. The SMILES string of the molecule is COC(=O)C(F)(F)c1csc(-c2ccc(F)cc2)n1.O=C(N[C@H](CN1CCCC1)[C@H](O)c1ccc2c(c1)OCCO2)C(F)(F)c1csc(-c2ccc(F)cc2)n1.O=C(O)C(F)(F)c1csc(-c2ccc(F)cc2)n1. The fraction of sp³-hybridized carbons (Fsp3) is 0.265. The minimum atomic E-state index is -4.02. The van der Waals surface area contributed by atoms with Crippen LogP contribution < -0.4 is 14.8 Å². The minimum Gasteiger partial charge on any atom is -0.486 e. The molecule has 0 bridgehead atoms. The topological polar surface area (TPSA) is 173 Å². The van der Waals surface area contributed by atoms with Crippen molar-refractivity contribution in [1.82, 2.24) is 25.2 Å². The molecule has 1 amide bonds. The Hall–Kier alpha value is -6.93. The number of aliphatic carboxylic acids is 1. The molecule has 0 spiro atoms. The first-order chi connectivity index (χ1) is 35.2. The molecule has 0 saturated carbocycles. The number of thiazole rings is 3. The van der Waals surface area contributed by atoms with E-state index in [9.17, 15) is 50.2 Å². The summed E-state index contributed by atoms with van der Waals surface area (Å²) < 4.78 is 138. The number of likely N-dealkylation sites (tertiary alicyclic amines) is 1. The maximum Gasteiger partial charge on any atom is 0.385 e. The molecule has 390 valence electrons. The number of aliphatic hydroxyl groups is 1. The highest BCUT2D eigenvalue weighted by Gasteiger charge is 2.47. The van der Waals surface area contributed by atoms with Crippen LogP contribution in [0.25, 0.3) is 31.7 Å². The molecule has 7 aromatic rings. The molecule has 25 heteroatoms. The number of hydrogen-bond donors (Lipinski definition) is 3. The standard InChI is InChI=1S/C26H26F3N3O4S.C12H8F3NO2S.C11H6F3NO2S/c27-18-6-3-16(4-7-18)24-31-22(15-37-24)26(28,29)25(34)30-19(14-32-9-1-2-10-32)23(33)17-5-8-20-21(13-17)36-12-11-35-20;1-18-11(17)12(14,15)9-6-19-10(16-9)7-2-4-8(13)5-3-7;12-7-3-1-6(2-4-7)9-15-8(5-18-9)11(13,14)10(16)17/h3-8,13,15,19,23,33H,1-2,9-12,14H2,(H,30,34);2-6H,1H3;1-5H,(H,16,17)/t19-,23-;;/m1../s1. The van der Waals surface area contributed by atoms with E-state index in [0.29, 0.717) is 47.0 Å². The van der Waals surface area contributed by atoms with E-state index < -0.39 is 82.3 Å². The van der Waals surface area contributed by atoms with Crippen molar-refractivity contribution < 1.29 is 78.3 Å². The smallest absolute Gasteiger partial charge is 0.385 e. The van der Waals surface area contributed by atoms with Crippen LogP contribution >= 0.6 is 34.0 Å². The minimum absolute atomic E-state index is 0.204. The van der Waals surface area contributed by atoms with Crippen molar-refractivity contribution in [2.45, 2.75) is 42.8 Å². The van der Waals surface area contributed by atoms with Gasteiger partial charge in [-0.05, 0) is 116 Å². The lowest BCUT2D eigenvalue weighted by atomic mass is 10.0. The summed E-state index contributed by atoms with van der Waals surface area (Å²) in [6, 6.07) is 19.6. The first kappa shape index (κ1) is 54.8. The first-order valence-corrected chi connectivity index (χ1v) is 24.5. The lowest BCUT2D eigenvalue weighted by Crippen LogP contribution is -2.51. The number of carboxylic acids is 1. The van der Waals surface area contributed by atoms with E-state index in [2.05, 4.69) is 25.0 Å². The Kier molecular flexibility index (Phi) is 17.4. The van der Waals surface area contributed by atoms with Gasteiger partial charge in [0.2, 0.25) is 0 Å². The molecule has 13 nitrogen and oxygen atoms in total. The van der Waals surface area contributed by atoms with E-state index in [1.807, 2.05) is 4.90 Å². The number of aromatic nitrogens is 3. The number of ether oxygens (including phenoxy) is 3. The number of nitrogens with one attached hydrogen (secondary N) is 1. The van der Waals surface area contributed by atoms with Crippen molar-refractivity contribution in [2.75, 3.05) is 40.0 Å². The monoisotopic (exact) mass is 1090 g/mol. The molecule has 74 heavy (non-hydrogen) atoms. The van der Waals surface area contributed by atoms with Crippen molar-refractivity contribution in [2.24, 2.45) is 0 Å². The summed E-state index contributed by atoms with van der Waals surface area (Å²) in [6.45, 7) is 2.49. The number of nitrogens with zero attached hydrogens (tertiary/aromatic N) is 4. The molecule has 9 rings (SSSR count). The second kappa shape index (κ2) is 23.5. The van der Waals surface area contributed by atoms with Crippen molar-refractivity contribution in [3.05, 3.63) is 147 Å². The van der Waals surface area contributed by atoms with E-state index >= 15 is 8.78 Å². The maximum absolute atomic E-state index is 15.2. The van der Waals surface area contributed by atoms with Crippen LogP contribution in [-0.4, -0.2) is 93.9 Å². The van der Waals surface area contributed by atoms with E-state index in [-0.39, 0.29) is 21.6 Å². The molecule has 5 heterocycles. The number of fused-ring (bicyclic) bond motifs is 1. The van der Waals surface area contributed by atoms with E-state index in [1.54, 1.807) is 18.2 Å². The zero-order valence-corrected chi connectivity index (χ0v) is 40.7. The van der Waals surface area contributed by atoms with Crippen LogP contribution in [0.4, 0.5) is 39.5 Å². The Morgan fingerprint density at radius 1 is 0.649 bits per heavy atom. The third-order valence-electron chi connectivity index (χ3n) is 11.0. The molecule has 0 aliphatic carbocycles. The molecule has 0 radical (unpaired) electrons. The van der Waals surface area contributed by atoms with Gasteiger partial charge in [0.05, 0.1) is 13.2 Å². The number of benzene rings is 4. The van der Waals surface area contributed by atoms with Gasteiger partial charge in [-0.1, -0.05) is 6.07 Å². The highest BCUT2D eigenvalue weighted by atomic mass is 32.1. The van der Waals surface area contributed by atoms with Crippen molar-refractivity contribution in [3.63, 3.8) is 0 Å². The normalized spacial score (nSPS) is 14.4. The molecular formula is C49H40F9N5O8S3. The number of amides is 1. The lowest BCUT2D eigenvalue weighted by Gasteiger charge is -2.30. The van der Waals surface area contributed by atoms with Crippen LogP contribution in [0.5, 0.6) is 11.5 Å². The average molecular weight is 1090 g/mol. The van der Waals surface area contributed by atoms with Gasteiger partial charge in [-0.3, -0.25) is 4.79 Å². The molecule has 3 N–H and O–H groups in total. The van der Waals surface area contributed by atoms with Gasteiger partial charge in [-0.2, -0.15) is 26.3 Å². The predicted octanol–water partition coefficient (Wildman–Crippen LogP) is 10.5. The Bertz CT molecular complexity index is 3040. The summed E-state index contributed by atoms with van der Waals surface area (Å²) in [5.74, 6) is -17.6. The van der Waals surface area contributed by atoms with Crippen LogP contribution in [0.1, 0.15) is 41.6 Å². The van der Waals surface area contributed by atoms with Gasteiger partial charge in [0.1, 0.15) is 68.9 Å². The molecule has 2 atom stereocenters. The van der Waals surface area contributed by atoms with E-state index in [4.69, 9.17) is 14.6 Å². The number of hydrogen-bond acceptors (Lipinski definition) is 14. The van der Waals surface area contributed by atoms with Crippen molar-refractivity contribution in [1.29, 1.82) is 0 Å². The van der Waals surface area contributed by atoms with Crippen molar-refractivity contribution >= 4 is 51.9 Å². The van der Waals surface area contributed by atoms with Gasteiger partial charge < -0.3 is 34.6 Å². The Labute approximate surface area is 426 Å². The van der Waals surface area contributed by atoms with Crippen molar-refractivity contribution in [3.8, 4) is 43.2 Å². The van der Waals surface area contributed by atoms with Crippen LogP contribution in [-0.2, 0) is 36.9 Å².